The summed E-state index contributed by atoms with van der Waals surface area (Å²) in [7, 11) is -9.28. The third-order valence-electron chi connectivity index (χ3n) is 1.38. The summed E-state index contributed by atoms with van der Waals surface area (Å²) < 4.78 is 21.6. The minimum absolute atomic E-state index is 0.903. The van der Waals surface area contributed by atoms with E-state index in [0.29, 0.717) is 0 Å². The molecule has 10 nitrogen and oxygen atoms in total. The quantitative estimate of drug-likeness (QED) is 0.114. The highest BCUT2D eigenvalue weighted by Gasteiger charge is 2.00. The van der Waals surface area contributed by atoms with E-state index in [0.717, 1.165) is 24.2 Å². The minimum Gasteiger partial charge on any atom is -0.303 e. The van der Waals surface area contributed by atoms with Crippen molar-refractivity contribution < 1.29 is 48.1 Å². The molecule has 0 aliphatic rings. The molecule has 7 N–H and O–H groups in total. The molecule has 13 heteroatoms. The summed E-state index contributed by atoms with van der Waals surface area (Å²) in [6, 6.07) is 0. The molecule has 0 saturated carbocycles. The van der Waals surface area contributed by atoms with E-state index >= 15 is 0 Å². The van der Waals surface area contributed by atoms with Crippen molar-refractivity contribution in [1.82, 2.24) is 0 Å². The summed E-state index contributed by atoms with van der Waals surface area (Å²) in [5.41, 5.74) is 0. The predicted octanol–water partition coefficient (Wildman–Crippen LogP) is 1.24. The van der Waals surface area contributed by atoms with Gasteiger partial charge >= 0.3 is 15.6 Å². The Kier molecular flexibility index (Phi) is 20.2. The minimum atomic E-state index is -4.64. The van der Waals surface area contributed by atoms with E-state index in [1.807, 2.05) is 0 Å². The van der Waals surface area contributed by atoms with Gasteiger partial charge in [-0.1, -0.05) is 32.6 Å². The van der Waals surface area contributed by atoms with Crippen molar-refractivity contribution in [2.75, 3.05) is 5.75 Å². The van der Waals surface area contributed by atoms with Crippen molar-refractivity contribution in [1.29, 1.82) is 0 Å². The lowest BCUT2D eigenvalue weighted by atomic mass is 10.2. The highest BCUT2D eigenvalue weighted by atomic mass is 32.2. The smallest absolute Gasteiger partial charge is 0.303 e. The Bertz CT molecular complexity index is 232. The molecule has 0 aromatic rings. The van der Waals surface area contributed by atoms with E-state index in [1.54, 1.807) is 0 Å². The van der Waals surface area contributed by atoms with Crippen LogP contribution in [0.2, 0.25) is 0 Å². The second-order valence-corrected chi connectivity index (χ2v) is 6.18. The zero-order valence-corrected chi connectivity index (χ0v) is 13.5. The van der Waals surface area contributed by atoms with Gasteiger partial charge in [0.05, 0.1) is 0 Å². The van der Waals surface area contributed by atoms with Crippen LogP contribution in [-0.2, 0) is 13.5 Å². The van der Waals surface area contributed by atoms with E-state index in [4.69, 9.17) is 43.7 Å². The second-order valence-electron chi connectivity index (χ2n) is 3.34. The Balaban J connectivity index is -0.000000244. The van der Waals surface area contributed by atoms with Crippen LogP contribution in [0.5, 0.6) is 0 Å². The zero-order valence-electron chi connectivity index (χ0n) is 10.9. The van der Waals surface area contributed by atoms with Crippen LogP contribution in [0, 0.1) is 0 Å². The summed E-state index contributed by atoms with van der Waals surface area (Å²) in [5, 5.41) is 7.93. The summed E-state index contributed by atoms with van der Waals surface area (Å²) in [5.74, 6) is 0.903. The van der Waals surface area contributed by atoms with Gasteiger partial charge in [-0.05, 0) is 6.42 Å². The normalized spacial score (nSPS) is 11.0. The van der Waals surface area contributed by atoms with E-state index in [1.165, 1.54) is 25.7 Å². The number of phosphoric acid groups is 2. The lowest BCUT2D eigenvalue weighted by molar-refractivity contribution is -0.116. The second kappa shape index (κ2) is 15.9. The summed E-state index contributed by atoms with van der Waals surface area (Å²) in [6.45, 7) is 2.20. The molecule has 0 bridgehead atoms. The summed E-state index contributed by atoms with van der Waals surface area (Å²) >= 11 is 1.12. The molecule has 126 valence electrons. The van der Waals surface area contributed by atoms with Crippen LogP contribution >= 0.6 is 27.7 Å². The maximum atomic E-state index is 8.88. The van der Waals surface area contributed by atoms with Crippen molar-refractivity contribution in [2.45, 2.75) is 39.0 Å². The monoisotopic (exact) mass is 360 g/mol. The molecule has 0 aliphatic heterocycles. The van der Waals surface area contributed by atoms with Crippen molar-refractivity contribution in [3.8, 4) is 0 Å². The Morgan fingerprint density at radius 3 is 1.50 bits per heavy atom. The predicted molar refractivity (Wildman–Crippen MR) is 73.5 cm³/mol. The van der Waals surface area contributed by atoms with Gasteiger partial charge in [0.15, 0.2) is 0 Å². The van der Waals surface area contributed by atoms with Crippen LogP contribution in [0.1, 0.15) is 39.0 Å². The topological polar surface area (TPSA) is 185 Å². The van der Waals surface area contributed by atoms with Crippen LogP contribution in [0.25, 0.3) is 0 Å². The Hall–Kier alpha value is 0.490. The van der Waals surface area contributed by atoms with Gasteiger partial charge in [0.2, 0.25) is 0 Å². The molecule has 0 amide bonds. The highest BCUT2D eigenvalue weighted by Crippen LogP contribution is 2.26. The number of unbranched alkanes of at least 4 members (excludes halogenated alkanes) is 4. The van der Waals surface area contributed by atoms with Crippen molar-refractivity contribution in [2.24, 2.45) is 0 Å². The zero-order chi connectivity index (χ0) is 16.7. The van der Waals surface area contributed by atoms with Gasteiger partial charge in [0.25, 0.3) is 0 Å². The molecule has 0 unspecified atom stereocenters. The van der Waals surface area contributed by atoms with Crippen LogP contribution < -0.4 is 0 Å². The van der Waals surface area contributed by atoms with E-state index in [-0.39, 0.29) is 0 Å². The molecular weight excluding hydrogens is 338 g/mol. The molecule has 0 aromatic heterocycles. The first kappa shape index (κ1) is 25.4. The maximum Gasteiger partial charge on any atom is 0.466 e. The number of hydrogen-bond donors (Lipinski definition) is 7. The van der Waals surface area contributed by atoms with Crippen molar-refractivity contribution >= 4 is 27.7 Å². The fraction of sp³-hybridized carbons (Fsp3) is 1.00. The molecule has 20 heavy (non-hydrogen) atoms. The Morgan fingerprint density at radius 1 is 0.850 bits per heavy atom. The van der Waals surface area contributed by atoms with Crippen LogP contribution in [0.15, 0.2) is 0 Å². The van der Waals surface area contributed by atoms with Gasteiger partial charge in [-0.2, -0.15) is 4.33 Å². The molecule has 0 aliphatic carbocycles. The fourth-order valence-corrected chi connectivity index (χ4v) is 1.20. The van der Waals surface area contributed by atoms with Crippen LogP contribution in [0.4, 0.5) is 0 Å². The molecule has 0 spiro atoms. The van der Waals surface area contributed by atoms with E-state index < -0.39 is 15.6 Å². The Morgan fingerprint density at radius 2 is 1.20 bits per heavy atom. The summed E-state index contributed by atoms with van der Waals surface area (Å²) in [6.07, 6.45) is 6.31. The van der Waals surface area contributed by atoms with Gasteiger partial charge in [-0.15, -0.1) is 0 Å². The third-order valence-corrected chi connectivity index (χ3v) is 1.94. The molecule has 0 saturated heterocycles. The van der Waals surface area contributed by atoms with Crippen LogP contribution in [0.3, 0.4) is 0 Å². The van der Waals surface area contributed by atoms with E-state index in [2.05, 4.69) is 11.3 Å². The molecule has 0 heterocycles. The molecule has 0 radical (unpaired) electrons. The largest absolute Gasteiger partial charge is 0.466 e. The molecular formula is C7H22O10P2S. The first-order valence-corrected chi connectivity index (χ1v) is 9.45. The molecule has 0 fully saturated rings. The van der Waals surface area contributed by atoms with Gasteiger partial charge < -0.3 is 29.4 Å². The van der Waals surface area contributed by atoms with Crippen molar-refractivity contribution in [3.63, 3.8) is 0 Å². The van der Waals surface area contributed by atoms with Crippen molar-refractivity contribution in [3.05, 3.63) is 0 Å². The average Bonchev–Trinajstić information content (AvgIpc) is 2.18. The van der Waals surface area contributed by atoms with Crippen LogP contribution in [-0.4, -0.2) is 40.4 Å². The maximum absolute atomic E-state index is 8.88. The first-order valence-electron chi connectivity index (χ1n) is 5.41. The number of hydrogen-bond acceptors (Lipinski definition) is 5. The summed E-state index contributed by atoms with van der Waals surface area (Å²) in [4.78, 5) is 43.1. The fourth-order valence-electron chi connectivity index (χ4n) is 0.802. The van der Waals surface area contributed by atoms with Gasteiger partial charge in [-0.3, -0.25) is 0 Å². The SMILES string of the molecule is CCCCCCCSOO.O=P(O)(O)O.O=P(O)(O)O. The van der Waals surface area contributed by atoms with Gasteiger partial charge in [-0.25, -0.2) is 14.4 Å². The molecule has 0 rings (SSSR count). The lowest BCUT2D eigenvalue weighted by Crippen LogP contribution is -1.81. The standard InChI is InChI=1S/C7H16O2S.2H3O4P/c1-2-3-4-5-6-7-10-9-8;2*1-5(2,3)4/h8H,2-7H2,1H3;2*(H3,1,2,3,4). The first-order chi connectivity index (χ1) is 8.91. The Labute approximate surface area is 121 Å². The number of rotatable bonds is 7. The average molecular weight is 360 g/mol. The van der Waals surface area contributed by atoms with Gasteiger partial charge in [0, 0.05) is 17.8 Å². The molecule has 0 aromatic carbocycles. The van der Waals surface area contributed by atoms with E-state index in [9.17, 15) is 0 Å². The molecule has 0 atom stereocenters. The lowest BCUT2D eigenvalue weighted by Gasteiger charge is -1.96. The highest BCUT2D eigenvalue weighted by molar-refractivity contribution is 7.94. The third kappa shape index (κ3) is 101. The van der Waals surface area contributed by atoms with Gasteiger partial charge in [0.1, 0.15) is 0 Å².